The first-order chi connectivity index (χ1) is 8.00. The van der Waals surface area contributed by atoms with Crippen LogP contribution in [0.1, 0.15) is 46.5 Å². The largest absolute Gasteiger partial charge is 0.310 e. The fourth-order valence-electron chi connectivity index (χ4n) is 3.63. The molecule has 0 aromatic rings. The second-order valence-electron chi connectivity index (χ2n) is 7.60. The number of nitrogens with one attached hydrogen (secondary N) is 1. The quantitative estimate of drug-likeness (QED) is 0.810. The smallest absolute Gasteiger partial charge is 0.0308 e. The molecule has 2 atom stereocenters. The van der Waals surface area contributed by atoms with Crippen molar-refractivity contribution in [3.05, 3.63) is 0 Å². The highest BCUT2D eigenvalue weighted by atomic mass is 15.2. The molecule has 1 heterocycles. The lowest BCUT2D eigenvalue weighted by molar-refractivity contribution is 0.189. The zero-order valence-corrected chi connectivity index (χ0v) is 11.8. The SMILES string of the molecule is CC1(C)CC1CN1CCCNC(C)(C2CC2)C1. The Labute approximate surface area is 106 Å². The van der Waals surface area contributed by atoms with E-state index < -0.39 is 0 Å². The Morgan fingerprint density at radius 1 is 1.24 bits per heavy atom. The summed E-state index contributed by atoms with van der Waals surface area (Å²) in [7, 11) is 0. The van der Waals surface area contributed by atoms with Gasteiger partial charge in [-0.3, -0.25) is 0 Å². The van der Waals surface area contributed by atoms with Gasteiger partial charge in [0.2, 0.25) is 0 Å². The molecular formula is C15H28N2. The molecule has 3 fully saturated rings. The minimum atomic E-state index is 0.412. The standard InChI is InChI=1S/C15H28N2/c1-14(2)9-13(14)10-17-8-4-7-16-15(3,11-17)12-5-6-12/h12-13,16H,4-11H2,1-3H3. The average Bonchev–Trinajstić information content (AvgIpc) is 3.07. The van der Waals surface area contributed by atoms with Crippen LogP contribution in [0, 0.1) is 17.3 Å². The van der Waals surface area contributed by atoms with Gasteiger partial charge in [0.1, 0.15) is 0 Å². The highest BCUT2D eigenvalue weighted by molar-refractivity contribution is 5.03. The molecule has 2 saturated carbocycles. The Morgan fingerprint density at radius 2 is 1.94 bits per heavy atom. The number of nitrogens with zero attached hydrogens (tertiary/aromatic N) is 1. The van der Waals surface area contributed by atoms with Gasteiger partial charge in [-0.15, -0.1) is 0 Å². The van der Waals surface area contributed by atoms with Crippen LogP contribution in [-0.2, 0) is 0 Å². The number of hydrogen-bond donors (Lipinski definition) is 1. The molecule has 0 amide bonds. The predicted molar refractivity (Wildman–Crippen MR) is 72.1 cm³/mol. The van der Waals surface area contributed by atoms with Crippen molar-refractivity contribution in [1.82, 2.24) is 10.2 Å². The molecule has 0 bridgehead atoms. The van der Waals surface area contributed by atoms with Gasteiger partial charge in [0.15, 0.2) is 0 Å². The second-order valence-corrected chi connectivity index (χ2v) is 7.60. The average molecular weight is 236 g/mol. The molecule has 0 aromatic carbocycles. The van der Waals surface area contributed by atoms with E-state index in [2.05, 4.69) is 31.0 Å². The molecular weight excluding hydrogens is 208 g/mol. The molecule has 0 radical (unpaired) electrons. The van der Waals surface area contributed by atoms with Crippen molar-refractivity contribution in [3.8, 4) is 0 Å². The zero-order valence-electron chi connectivity index (χ0n) is 11.8. The Bertz CT molecular complexity index is 295. The molecule has 2 unspecified atom stereocenters. The van der Waals surface area contributed by atoms with Crippen LogP contribution in [-0.4, -0.2) is 36.6 Å². The van der Waals surface area contributed by atoms with Gasteiger partial charge in [-0.25, -0.2) is 0 Å². The van der Waals surface area contributed by atoms with Crippen LogP contribution >= 0.6 is 0 Å². The lowest BCUT2D eigenvalue weighted by atomic mass is 9.95. The van der Waals surface area contributed by atoms with Gasteiger partial charge in [-0.05, 0) is 62.9 Å². The van der Waals surface area contributed by atoms with Crippen molar-refractivity contribution in [3.63, 3.8) is 0 Å². The van der Waals surface area contributed by atoms with E-state index in [1.807, 2.05) is 0 Å². The maximum Gasteiger partial charge on any atom is 0.0308 e. The summed E-state index contributed by atoms with van der Waals surface area (Å²) in [5.74, 6) is 1.92. The lowest BCUT2D eigenvalue weighted by Gasteiger charge is -2.34. The minimum Gasteiger partial charge on any atom is -0.310 e. The van der Waals surface area contributed by atoms with Crippen LogP contribution in [0.25, 0.3) is 0 Å². The van der Waals surface area contributed by atoms with Crippen LogP contribution in [0.5, 0.6) is 0 Å². The molecule has 3 rings (SSSR count). The first-order valence-corrected chi connectivity index (χ1v) is 7.47. The van der Waals surface area contributed by atoms with E-state index in [0.717, 1.165) is 11.8 Å². The van der Waals surface area contributed by atoms with E-state index in [9.17, 15) is 0 Å². The lowest BCUT2D eigenvalue weighted by Crippen LogP contribution is -2.51. The molecule has 98 valence electrons. The minimum absolute atomic E-state index is 0.412. The normalized spacial score (nSPS) is 42.2. The highest BCUT2D eigenvalue weighted by Crippen LogP contribution is 2.52. The van der Waals surface area contributed by atoms with Gasteiger partial charge in [-0.1, -0.05) is 13.8 Å². The maximum atomic E-state index is 3.82. The number of rotatable bonds is 3. The van der Waals surface area contributed by atoms with E-state index in [0.29, 0.717) is 11.0 Å². The van der Waals surface area contributed by atoms with Crippen LogP contribution in [0.4, 0.5) is 0 Å². The van der Waals surface area contributed by atoms with Gasteiger partial charge < -0.3 is 10.2 Å². The van der Waals surface area contributed by atoms with Gasteiger partial charge in [0.05, 0.1) is 0 Å². The fourth-order valence-corrected chi connectivity index (χ4v) is 3.63. The summed E-state index contributed by atoms with van der Waals surface area (Å²) >= 11 is 0. The summed E-state index contributed by atoms with van der Waals surface area (Å²) in [6.07, 6.45) is 5.67. The Balaban J connectivity index is 1.60. The summed E-state index contributed by atoms with van der Waals surface area (Å²) in [4.78, 5) is 2.75. The van der Waals surface area contributed by atoms with Gasteiger partial charge >= 0.3 is 0 Å². The maximum absolute atomic E-state index is 3.82. The van der Waals surface area contributed by atoms with E-state index in [1.54, 1.807) is 0 Å². The molecule has 0 spiro atoms. The number of hydrogen-bond acceptors (Lipinski definition) is 2. The van der Waals surface area contributed by atoms with Crippen LogP contribution in [0.2, 0.25) is 0 Å². The topological polar surface area (TPSA) is 15.3 Å². The zero-order chi connectivity index (χ0) is 12.1. The molecule has 2 aliphatic carbocycles. The van der Waals surface area contributed by atoms with Crippen molar-refractivity contribution < 1.29 is 0 Å². The van der Waals surface area contributed by atoms with E-state index in [-0.39, 0.29) is 0 Å². The Hall–Kier alpha value is -0.0800. The third-order valence-electron chi connectivity index (χ3n) is 5.41. The molecule has 0 aromatic heterocycles. The summed E-state index contributed by atoms with van der Waals surface area (Å²) in [6, 6.07) is 0. The fraction of sp³-hybridized carbons (Fsp3) is 1.00. The third kappa shape index (κ3) is 2.53. The molecule has 17 heavy (non-hydrogen) atoms. The summed E-state index contributed by atoms with van der Waals surface area (Å²) < 4.78 is 0. The van der Waals surface area contributed by atoms with E-state index >= 15 is 0 Å². The molecule has 1 saturated heterocycles. The molecule has 2 heteroatoms. The van der Waals surface area contributed by atoms with Crippen molar-refractivity contribution in [2.24, 2.45) is 17.3 Å². The molecule has 3 aliphatic rings. The van der Waals surface area contributed by atoms with Crippen LogP contribution < -0.4 is 5.32 Å². The Kier molecular flexibility index (Phi) is 2.79. The monoisotopic (exact) mass is 236 g/mol. The van der Waals surface area contributed by atoms with Crippen LogP contribution in [0.15, 0.2) is 0 Å². The molecule has 2 nitrogen and oxygen atoms in total. The van der Waals surface area contributed by atoms with Gasteiger partial charge in [0.25, 0.3) is 0 Å². The predicted octanol–water partition coefficient (Wildman–Crippen LogP) is 2.50. The first kappa shape index (κ1) is 12.0. The third-order valence-corrected chi connectivity index (χ3v) is 5.41. The van der Waals surface area contributed by atoms with Crippen molar-refractivity contribution in [1.29, 1.82) is 0 Å². The molecule has 1 aliphatic heterocycles. The van der Waals surface area contributed by atoms with E-state index in [4.69, 9.17) is 0 Å². The summed E-state index contributed by atoms with van der Waals surface area (Å²) in [5.41, 5.74) is 1.05. The van der Waals surface area contributed by atoms with Crippen molar-refractivity contribution in [2.75, 3.05) is 26.2 Å². The Morgan fingerprint density at radius 3 is 2.53 bits per heavy atom. The second kappa shape index (κ2) is 3.96. The molecule has 1 N–H and O–H groups in total. The van der Waals surface area contributed by atoms with E-state index in [1.165, 1.54) is 51.9 Å². The summed E-state index contributed by atoms with van der Waals surface area (Å²) in [6.45, 7) is 12.5. The van der Waals surface area contributed by atoms with Crippen molar-refractivity contribution >= 4 is 0 Å². The van der Waals surface area contributed by atoms with Crippen LogP contribution in [0.3, 0.4) is 0 Å². The van der Waals surface area contributed by atoms with Crippen molar-refractivity contribution in [2.45, 2.75) is 52.0 Å². The van der Waals surface area contributed by atoms with Gasteiger partial charge in [-0.2, -0.15) is 0 Å². The summed E-state index contributed by atoms with van der Waals surface area (Å²) in [5, 5.41) is 3.82. The highest BCUT2D eigenvalue weighted by Gasteiger charge is 2.48. The van der Waals surface area contributed by atoms with Gasteiger partial charge in [0, 0.05) is 18.6 Å². The first-order valence-electron chi connectivity index (χ1n) is 7.47.